The molecule has 1 N–H and O–H groups in total. The van der Waals surface area contributed by atoms with E-state index >= 15 is 0 Å². The maximum absolute atomic E-state index is 11.4. The third-order valence-electron chi connectivity index (χ3n) is 4.79. The lowest BCUT2D eigenvalue weighted by Gasteiger charge is -2.31. The van der Waals surface area contributed by atoms with Crippen LogP contribution in [0.3, 0.4) is 0 Å². The van der Waals surface area contributed by atoms with Crippen molar-refractivity contribution in [2.45, 2.75) is 52.9 Å². The van der Waals surface area contributed by atoms with Crippen LogP contribution in [0.15, 0.2) is 29.9 Å². The van der Waals surface area contributed by atoms with Gasteiger partial charge in [-0.25, -0.2) is 9.59 Å². The predicted octanol–water partition coefficient (Wildman–Crippen LogP) is 4.43. The Morgan fingerprint density at radius 3 is 2.64 bits per heavy atom. The summed E-state index contributed by atoms with van der Waals surface area (Å²) in [5, 5.41) is 9.36. The van der Waals surface area contributed by atoms with E-state index in [1.165, 1.54) is 0 Å². The number of carbonyl (C=O) groups excluding carboxylic acids is 1. The van der Waals surface area contributed by atoms with Crippen molar-refractivity contribution >= 4 is 11.9 Å². The molecular formula is C19H28O3. The number of allylic oxidation sites excluding steroid dienone is 3. The van der Waals surface area contributed by atoms with Crippen LogP contribution in [-0.4, -0.2) is 17.0 Å². The van der Waals surface area contributed by atoms with Crippen LogP contribution in [0, 0.1) is 23.7 Å². The number of carbonyl (C=O) groups is 1. The minimum atomic E-state index is -0.898. The van der Waals surface area contributed by atoms with Gasteiger partial charge in [-0.15, -0.1) is 0 Å². The highest BCUT2D eigenvalue weighted by Crippen LogP contribution is 2.36. The molecule has 0 radical (unpaired) electrons. The highest BCUT2D eigenvalue weighted by atomic mass is 16.4. The summed E-state index contributed by atoms with van der Waals surface area (Å²) in [7, 11) is 0. The van der Waals surface area contributed by atoms with Gasteiger partial charge in [0.15, 0.2) is 0 Å². The van der Waals surface area contributed by atoms with Crippen LogP contribution in [0.25, 0.3) is 0 Å². The fourth-order valence-corrected chi connectivity index (χ4v) is 3.39. The van der Waals surface area contributed by atoms with Gasteiger partial charge < -0.3 is 5.11 Å². The molecule has 0 amide bonds. The van der Waals surface area contributed by atoms with E-state index in [0.29, 0.717) is 17.1 Å². The summed E-state index contributed by atoms with van der Waals surface area (Å²) >= 11 is 0. The van der Waals surface area contributed by atoms with Gasteiger partial charge in [-0.2, -0.15) is 0 Å². The molecule has 0 aromatic rings. The SMILES string of the molecule is C=C(C(=O)O)C1CCC(C)/C=C\C(=C=O)C(C)C[C@H]1CCC. The highest BCUT2D eigenvalue weighted by molar-refractivity contribution is 5.86. The molecule has 0 spiro atoms. The van der Waals surface area contributed by atoms with Gasteiger partial charge in [0, 0.05) is 11.1 Å². The smallest absolute Gasteiger partial charge is 0.331 e. The Morgan fingerprint density at radius 1 is 1.41 bits per heavy atom. The molecule has 0 aromatic heterocycles. The van der Waals surface area contributed by atoms with E-state index in [1.807, 2.05) is 19.1 Å². The summed E-state index contributed by atoms with van der Waals surface area (Å²) in [6.45, 7) is 10.1. The zero-order valence-electron chi connectivity index (χ0n) is 14.0. The van der Waals surface area contributed by atoms with Gasteiger partial charge in [-0.3, -0.25) is 0 Å². The molecule has 22 heavy (non-hydrogen) atoms. The minimum Gasteiger partial charge on any atom is -0.478 e. The van der Waals surface area contributed by atoms with Crippen LogP contribution in [0.5, 0.6) is 0 Å². The van der Waals surface area contributed by atoms with Gasteiger partial charge in [0.25, 0.3) is 0 Å². The zero-order chi connectivity index (χ0) is 16.7. The third kappa shape index (κ3) is 4.99. The van der Waals surface area contributed by atoms with E-state index in [1.54, 1.807) is 0 Å². The molecule has 0 aliphatic heterocycles. The molecule has 0 heterocycles. The third-order valence-corrected chi connectivity index (χ3v) is 4.79. The molecule has 1 aliphatic carbocycles. The van der Waals surface area contributed by atoms with Crippen LogP contribution < -0.4 is 0 Å². The van der Waals surface area contributed by atoms with Crippen LogP contribution >= 0.6 is 0 Å². The average Bonchev–Trinajstić information content (AvgIpc) is 2.47. The highest BCUT2D eigenvalue weighted by Gasteiger charge is 2.29. The number of aliphatic carboxylic acids is 1. The fraction of sp³-hybridized carbons (Fsp3) is 0.632. The Kier molecular flexibility index (Phi) is 7.34. The van der Waals surface area contributed by atoms with Gasteiger partial charge >= 0.3 is 5.97 Å². The van der Waals surface area contributed by atoms with Gasteiger partial charge in [-0.1, -0.05) is 52.3 Å². The van der Waals surface area contributed by atoms with Crippen molar-refractivity contribution in [3.8, 4) is 0 Å². The van der Waals surface area contributed by atoms with Crippen molar-refractivity contribution in [3.05, 3.63) is 29.9 Å². The van der Waals surface area contributed by atoms with Crippen molar-refractivity contribution in [3.63, 3.8) is 0 Å². The number of hydrogen-bond donors (Lipinski definition) is 1. The lowest BCUT2D eigenvalue weighted by molar-refractivity contribution is -0.133. The monoisotopic (exact) mass is 304 g/mol. The van der Waals surface area contributed by atoms with Crippen molar-refractivity contribution in [1.29, 1.82) is 0 Å². The van der Waals surface area contributed by atoms with Crippen molar-refractivity contribution in [2.24, 2.45) is 23.7 Å². The summed E-state index contributed by atoms with van der Waals surface area (Å²) in [5.74, 6) is 1.82. The first kappa shape index (κ1) is 18.4. The second kappa shape index (κ2) is 8.75. The van der Waals surface area contributed by atoms with Crippen LogP contribution in [0.2, 0.25) is 0 Å². The van der Waals surface area contributed by atoms with Crippen LogP contribution in [0.4, 0.5) is 0 Å². The molecule has 0 saturated carbocycles. The first-order valence-electron chi connectivity index (χ1n) is 8.25. The molecule has 0 bridgehead atoms. The molecule has 0 saturated heterocycles. The molecule has 3 nitrogen and oxygen atoms in total. The van der Waals surface area contributed by atoms with Crippen LogP contribution in [0.1, 0.15) is 52.9 Å². The molecule has 0 aromatic carbocycles. The van der Waals surface area contributed by atoms with Gasteiger partial charge in [0.05, 0.1) is 0 Å². The lowest BCUT2D eigenvalue weighted by atomic mass is 9.73. The summed E-state index contributed by atoms with van der Waals surface area (Å²) in [5.41, 5.74) is 1.01. The second-order valence-corrected chi connectivity index (χ2v) is 6.59. The molecule has 1 rings (SSSR count). The molecule has 3 heteroatoms. The van der Waals surface area contributed by atoms with Crippen molar-refractivity contribution < 1.29 is 14.7 Å². The minimum absolute atomic E-state index is 0.0123. The van der Waals surface area contributed by atoms with Gasteiger partial charge in [0.1, 0.15) is 5.94 Å². The molecule has 122 valence electrons. The number of hydrogen-bond acceptors (Lipinski definition) is 2. The largest absolute Gasteiger partial charge is 0.478 e. The molecule has 4 atom stereocenters. The standard InChI is InChI=1S/C19H28O3/c1-5-6-16-11-14(3)17(12-20)9-7-13(2)8-10-18(16)15(4)19(21)22/h7,9,13-14,16,18H,4-6,8,10-11H2,1-3H3,(H,21,22)/b9-7-/t13?,14?,16-,18?/m1/s1. The Bertz CT molecular complexity index is 483. The number of rotatable bonds is 4. The van der Waals surface area contributed by atoms with Crippen LogP contribution in [-0.2, 0) is 9.59 Å². The summed E-state index contributed by atoms with van der Waals surface area (Å²) in [6, 6.07) is 0. The Hall–Kier alpha value is -1.60. The van der Waals surface area contributed by atoms with Crippen molar-refractivity contribution in [1.82, 2.24) is 0 Å². The maximum Gasteiger partial charge on any atom is 0.331 e. The molecule has 3 unspecified atom stereocenters. The van der Waals surface area contributed by atoms with E-state index in [0.717, 1.165) is 32.1 Å². The summed E-state index contributed by atoms with van der Waals surface area (Å²) in [6.07, 6.45) is 8.48. The predicted molar refractivity (Wildman–Crippen MR) is 89.2 cm³/mol. The lowest BCUT2D eigenvalue weighted by Crippen LogP contribution is -2.24. The summed E-state index contributed by atoms with van der Waals surface area (Å²) in [4.78, 5) is 22.6. The first-order chi connectivity index (χ1) is 10.4. The zero-order valence-corrected chi connectivity index (χ0v) is 14.0. The average molecular weight is 304 g/mol. The van der Waals surface area contributed by atoms with E-state index < -0.39 is 5.97 Å². The first-order valence-corrected chi connectivity index (χ1v) is 8.25. The van der Waals surface area contributed by atoms with Gasteiger partial charge in [0.2, 0.25) is 0 Å². The van der Waals surface area contributed by atoms with E-state index in [-0.39, 0.29) is 17.8 Å². The Labute approximate surface area is 133 Å². The summed E-state index contributed by atoms with van der Waals surface area (Å²) < 4.78 is 0. The number of carboxylic acids is 1. The van der Waals surface area contributed by atoms with E-state index in [9.17, 15) is 14.7 Å². The molecule has 1 aliphatic rings. The van der Waals surface area contributed by atoms with E-state index in [2.05, 4.69) is 26.4 Å². The fourth-order valence-electron chi connectivity index (χ4n) is 3.39. The topological polar surface area (TPSA) is 54.4 Å². The Balaban J connectivity index is 3.14. The Morgan fingerprint density at radius 2 is 2.09 bits per heavy atom. The molecule has 0 fully saturated rings. The second-order valence-electron chi connectivity index (χ2n) is 6.59. The quantitative estimate of drug-likeness (QED) is 0.617. The van der Waals surface area contributed by atoms with E-state index in [4.69, 9.17) is 0 Å². The number of carboxylic acid groups (broad SMARTS) is 1. The van der Waals surface area contributed by atoms with Gasteiger partial charge in [-0.05, 0) is 42.9 Å². The maximum atomic E-state index is 11.4. The normalized spacial score (nSPS) is 31.1. The van der Waals surface area contributed by atoms with Crippen molar-refractivity contribution in [2.75, 3.05) is 0 Å². The molecular weight excluding hydrogens is 276 g/mol.